The Hall–Kier alpha value is -2.31. The molecule has 1 rings (SSSR count). The van der Waals surface area contributed by atoms with Gasteiger partial charge in [-0.1, -0.05) is 0 Å². The second-order valence-corrected chi connectivity index (χ2v) is 3.74. The Bertz CT molecular complexity index is 464. The smallest absolute Gasteiger partial charge is 0.326 e. The first-order chi connectivity index (χ1) is 8.40. The van der Waals surface area contributed by atoms with Gasteiger partial charge in [-0.2, -0.15) is 0 Å². The Morgan fingerprint density at radius 2 is 2.06 bits per heavy atom. The largest absolute Gasteiger partial charge is 0.481 e. The second-order valence-electron chi connectivity index (χ2n) is 3.74. The van der Waals surface area contributed by atoms with Crippen molar-refractivity contribution in [2.45, 2.75) is 25.8 Å². The Balaban J connectivity index is 2.63. The minimum atomic E-state index is -1.27. The van der Waals surface area contributed by atoms with E-state index in [0.29, 0.717) is 5.76 Å². The molecule has 0 saturated heterocycles. The van der Waals surface area contributed by atoms with E-state index in [0.717, 1.165) is 0 Å². The third kappa shape index (κ3) is 3.93. The molecule has 0 bridgehead atoms. The minimum absolute atomic E-state index is 0.173. The number of furan rings is 1. The molecule has 0 fully saturated rings. The summed E-state index contributed by atoms with van der Waals surface area (Å²) in [6.07, 6.45) is 0.704. The van der Waals surface area contributed by atoms with Crippen molar-refractivity contribution in [3.05, 3.63) is 23.7 Å². The van der Waals surface area contributed by atoms with Crippen LogP contribution in [0.5, 0.6) is 0 Å². The standard InChI is InChI=1S/C11H13NO6/c1-6-4-7(5-18-6)10(15)12-8(11(16)17)2-3-9(13)14/h4-5,8H,2-3H2,1H3,(H,12,15)(H,13,14)(H,16,17). The molecule has 18 heavy (non-hydrogen) atoms. The fourth-order valence-electron chi connectivity index (χ4n) is 1.33. The summed E-state index contributed by atoms with van der Waals surface area (Å²) >= 11 is 0. The van der Waals surface area contributed by atoms with Crippen LogP contribution < -0.4 is 5.32 Å². The summed E-state index contributed by atoms with van der Waals surface area (Å²) in [5.74, 6) is -2.47. The van der Waals surface area contributed by atoms with Gasteiger partial charge in [-0.25, -0.2) is 4.79 Å². The van der Waals surface area contributed by atoms with E-state index in [9.17, 15) is 14.4 Å². The predicted octanol–water partition coefficient (Wildman–Crippen LogP) is 0.636. The van der Waals surface area contributed by atoms with Crippen molar-refractivity contribution in [2.75, 3.05) is 0 Å². The molecule has 98 valence electrons. The van der Waals surface area contributed by atoms with Gasteiger partial charge < -0.3 is 19.9 Å². The summed E-state index contributed by atoms with van der Waals surface area (Å²) in [7, 11) is 0. The molecule has 0 spiro atoms. The quantitative estimate of drug-likeness (QED) is 0.686. The summed E-state index contributed by atoms with van der Waals surface area (Å²) in [5, 5.41) is 19.6. The maximum atomic E-state index is 11.6. The summed E-state index contributed by atoms with van der Waals surface area (Å²) in [5.41, 5.74) is 0.203. The Kier molecular flexibility index (Phi) is 4.47. The fourth-order valence-corrected chi connectivity index (χ4v) is 1.33. The Morgan fingerprint density at radius 1 is 1.39 bits per heavy atom. The maximum Gasteiger partial charge on any atom is 0.326 e. The summed E-state index contributed by atoms with van der Waals surface area (Å²) in [6, 6.07) is 0.231. The molecule has 1 heterocycles. The van der Waals surface area contributed by atoms with Crippen LogP contribution >= 0.6 is 0 Å². The number of rotatable bonds is 6. The molecule has 1 amide bonds. The normalized spacial score (nSPS) is 11.8. The first-order valence-corrected chi connectivity index (χ1v) is 5.20. The number of nitrogens with one attached hydrogen (secondary N) is 1. The molecule has 1 unspecified atom stereocenters. The lowest BCUT2D eigenvalue weighted by molar-refractivity contribution is -0.140. The van der Waals surface area contributed by atoms with Crippen molar-refractivity contribution in [1.29, 1.82) is 0 Å². The number of carboxylic acid groups (broad SMARTS) is 2. The summed E-state index contributed by atoms with van der Waals surface area (Å²) in [6.45, 7) is 1.65. The van der Waals surface area contributed by atoms with Crippen LogP contribution in [0.15, 0.2) is 16.7 Å². The van der Waals surface area contributed by atoms with E-state index >= 15 is 0 Å². The van der Waals surface area contributed by atoms with Crippen LogP contribution in [0.3, 0.4) is 0 Å². The van der Waals surface area contributed by atoms with Crippen molar-refractivity contribution in [1.82, 2.24) is 5.32 Å². The SMILES string of the molecule is Cc1cc(C(=O)NC(CCC(=O)O)C(=O)O)co1. The van der Waals surface area contributed by atoms with Crippen molar-refractivity contribution < 1.29 is 29.0 Å². The van der Waals surface area contributed by atoms with Crippen LogP contribution in [0.2, 0.25) is 0 Å². The number of hydrogen-bond acceptors (Lipinski definition) is 4. The van der Waals surface area contributed by atoms with Gasteiger partial charge in [-0.05, 0) is 19.4 Å². The first-order valence-electron chi connectivity index (χ1n) is 5.20. The zero-order valence-corrected chi connectivity index (χ0v) is 9.67. The van der Waals surface area contributed by atoms with Crippen molar-refractivity contribution in [3.8, 4) is 0 Å². The molecule has 1 atom stereocenters. The van der Waals surface area contributed by atoms with E-state index < -0.39 is 23.9 Å². The highest BCUT2D eigenvalue weighted by Gasteiger charge is 2.22. The zero-order valence-electron chi connectivity index (χ0n) is 9.67. The van der Waals surface area contributed by atoms with Crippen LogP contribution in [-0.4, -0.2) is 34.1 Å². The third-order valence-corrected chi connectivity index (χ3v) is 2.24. The van der Waals surface area contributed by atoms with Crippen LogP contribution in [-0.2, 0) is 9.59 Å². The molecular weight excluding hydrogens is 242 g/mol. The van der Waals surface area contributed by atoms with Gasteiger partial charge in [-0.15, -0.1) is 0 Å². The lowest BCUT2D eigenvalue weighted by Crippen LogP contribution is -2.41. The van der Waals surface area contributed by atoms with E-state index in [2.05, 4.69) is 5.32 Å². The van der Waals surface area contributed by atoms with Gasteiger partial charge in [-0.3, -0.25) is 9.59 Å². The van der Waals surface area contributed by atoms with Crippen LogP contribution in [0, 0.1) is 6.92 Å². The fraction of sp³-hybridized carbons (Fsp3) is 0.364. The Morgan fingerprint density at radius 3 is 2.50 bits per heavy atom. The highest BCUT2D eigenvalue weighted by atomic mass is 16.4. The molecular formula is C11H13NO6. The molecule has 3 N–H and O–H groups in total. The maximum absolute atomic E-state index is 11.6. The van der Waals surface area contributed by atoms with E-state index in [4.69, 9.17) is 14.6 Å². The van der Waals surface area contributed by atoms with E-state index in [1.165, 1.54) is 12.3 Å². The molecule has 0 aliphatic heterocycles. The van der Waals surface area contributed by atoms with Crippen LogP contribution in [0.4, 0.5) is 0 Å². The first kappa shape index (κ1) is 13.8. The zero-order chi connectivity index (χ0) is 13.7. The number of carbonyl (C=O) groups is 3. The number of hydrogen-bond donors (Lipinski definition) is 3. The Labute approximate surface area is 102 Å². The molecule has 0 aliphatic carbocycles. The average Bonchev–Trinajstić information content (AvgIpc) is 2.70. The topological polar surface area (TPSA) is 117 Å². The predicted molar refractivity (Wildman–Crippen MR) is 59.2 cm³/mol. The third-order valence-electron chi connectivity index (χ3n) is 2.24. The van der Waals surface area contributed by atoms with Crippen LogP contribution in [0.25, 0.3) is 0 Å². The molecule has 7 heteroatoms. The molecule has 1 aromatic heterocycles. The molecule has 0 saturated carbocycles. The average molecular weight is 255 g/mol. The molecule has 0 aliphatic rings. The van der Waals surface area contributed by atoms with E-state index in [1.54, 1.807) is 6.92 Å². The number of amides is 1. The van der Waals surface area contributed by atoms with Gasteiger partial charge in [0, 0.05) is 6.42 Å². The van der Waals surface area contributed by atoms with E-state index in [-0.39, 0.29) is 18.4 Å². The van der Waals surface area contributed by atoms with Gasteiger partial charge in [0.05, 0.1) is 5.56 Å². The van der Waals surface area contributed by atoms with Gasteiger partial charge in [0.2, 0.25) is 0 Å². The van der Waals surface area contributed by atoms with Crippen LogP contribution in [0.1, 0.15) is 29.0 Å². The van der Waals surface area contributed by atoms with Gasteiger partial charge in [0.1, 0.15) is 18.1 Å². The number of aryl methyl sites for hydroxylation is 1. The molecule has 0 aromatic carbocycles. The van der Waals surface area contributed by atoms with Crippen molar-refractivity contribution >= 4 is 17.8 Å². The minimum Gasteiger partial charge on any atom is -0.481 e. The lowest BCUT2D eigenvalue weighted by Gasteiger charge is -2.12. The monoisotopic (exact) mass is 255 g/mol. The highest BCUT2D eigenvalue weighted by molar-refractivity contribution is 5.96. The summed E-state index contributed by atoms with van der Waals surface area (Å²) < 4.78 is 4.92. The number of carboxylic acids is 2. The highest BCUT2D eigenvalue weighted by Crippen LogP contribution is 2.07. The van der Waals surface area contributed by atoms with Crippen molar-refractivity contribution in [3.63, 3.8) is 0 Å². The molecule has 1 aromatic rings. The van der Waals surface area contributed by atoms with Gasteiger partial charge >= 0.3 is 11.9 Å². The second kappa shape index (κ2) is 5.85. The van der Waals surface area contributed by atoms with Crippen molar-refractivity contribution in [2.24, 2.45) is 0 Å². The lowest BCUT2D eigenvalue weighted by atomic mass is 10.1. The number of carbonyl (C=O) groups excluding carboxylic acids is 1. The number of aliphatic carboxylic acids is 2. The van der Waals surface area contributed by atoms with E-state index in [1.807, 2.05) is 0 Å². The molecule has 7 nitrogen and oxygen atoms in total. The van der Waals surface area contributed by atoms with Gasteiger partial charge in [0.15, 0.2) is 0 Å². The van der Waals surface area contributed by atoms with Gasteiger partial charge in [0.25, 0.3) is 5.91 Å². The molecule has 0 radical (unpaired) electrons. The summed E-state index contributed by atoms with van der Waals surface area (Å²) in [4.78, 5) is 32.9.